The highest BCUT2D eigenvalue weighted by Gasteiger charge is 2.38. The Bertz CT molecular complexity index is 846. The molecular weight excluding hydrogens is 475 g/mol. The summed E-state index contributed by atoms with van der Waals surface area (Å²) in [6, 6.07) is 4.36. The summed E-state index contributed by atoms with van der Waals surface area (Å²) in [7, 11) is 2.15. The number of benzene rings is 1. The summed E-state index contributed by atoms with van der Waals surface area (Å²) in [5, 5.41) is 0. The van der Waals surface area contributed by atoms with Crippen molar-refractivity contribution < 1.29 is 32.2 Å². The zero-order valence-electron chi connectivity index (χ0n) is 12.8. The molecule has 0 aliphatic heterocycles. The average Bonchev–Trinajstić information content (AvgIpc) is 2.87. The van der Waals surface area contributed by atoms with Gasteiger partial charge in [-0.25, -0.2) is 9.59 Å². The van der Waals surface area contributed by atoms with E-state index in [4.69, 9.17) is 0 Å². The Balaban J connectivity index is 2.96. The van der Waals surface area contributed by atoms with Gasteiger partial charge in [0, 0.05) is 0 Å². The van der Waals surface area contributed by atoms with Gasteiger partial charge in [-0.1, -0.05) is 6.07 Å². The van der Waals surface area contributed by atoms with E-state index in [1.807, 2.05) is 0 Å². The van der Waals surface area contributed by atoms with Crippen molar-refractivity contribution in [2.45, 2.75) is 6.18 Å². The number of carbonyl (C=O) groups excluding carboxylic acids is 2. The Morgan fingerprint density at radius 2 is 1.68 bits per heavy atom. The van der Waals surface area contributed by atoms with Crippen LogP contribution < -0.4 is 0 Å². The van der Waals surface area contributed by atoms with Crippen LogP contribution in [0.1, 0.15) is 26.4 Å². The summed E-state index contributed by atoms with van der Waals surface area (Å²) in [6.45, 7) is 0. The number of alkyl halides is 3. The Morgan fingerprint density at radius 1 is 1.08 bits per heavy atom. The maximum atomic E-state index is 13.5. The van der Waals surface area contributed by atoms with Crippen molar-refractivity contribution >= 4 is 43.8 Å². The predicted molar refractivity (Wildman–Crippen MR) is 88.9 cm³/mol. The minimum atomic E-state index is -4.77. The van der Waals surface area contributed by atoms with Gasteiger partial charge >= 0.3 is 18.1 Å². The zero-order chi connectivity index (χ0) is 18.9. The number of carbonyl (C=O) groups is 2. The van der Waals surface area contributed by atoms with Gasteiger partial charge in [0.1, 0.15) is 10.3 Å². The predicted octanol–water partition coefficient (Wildman–Crippen LogP) is 4.59. The lowest BCUT2D eigenvalue weighted by atomic mass is 10.1. The van der Waals surface area contributed by atoms with Crippen LogP contribution in [0.25, 0.3) is 5.69 Å². The molecule has 10 heteroatoms. The maximum Gasteiger partial charge on any atom is 0.418 e. The number of para-hydroxylation sites is 1. The largest absolute Gasteiger partial charge is 0.465 e. The number of aromatic nitrogens is 1. The van der Waals surface area contributed by atoms with Gasteiger partial charge in [0.05, 0.1) is 35.5 Å². The Morgan fingerprint density at radius 3 is 2.20 bits per heavy atom. The van der Waals surface area contributed by atoms with Gasteiger partial charge in [-0.2, -0.15) is 13.2 Å². The Hall–Kier alpha value is -1.81. The molecule has 0 saturated heterocycles. The van der Waals surface area contributed by atoms with Crippen LogP contribution in [0, 0.1) is 0 Å². The molecule has 134 valence electrons. The molecule has 0 aliphatic carbocycles. The monoisotopic (exact) mass is 483 g/mol. The van der Waals surface area contributed by atoms with Gasteiger partial charge in [0.2, 0.25) is 0 Å². The number of rotatable bonds is 3. The van der Waals surface area contributed by atoms with E-state index in [0.717, 1.165) is 30.9 Å². The van der Waals surface area contributed by atoms with E-state index in [1.54, 1.807) is 0 Å². The molecule has 0 amide bonds. The molecule has 0 radical (unpaired) electrons. The molecule has 0 unspecified atom stereocenters. The van der Waals surface area contributed by atoms with Gasteiger partial charge in [-0.3, -0.25) is 4.57 Å². The summed E-state index contributed by atoms with van der Waals surface area (Å²) < 4.78 is 51.1. The topological polar surface area (TPSA) is 57.5 Å². The first-order valence-corrected chi connectivity index (χ1v) is 8.16. The summed E-state index contributed by atoms with van der Waals surface area (Å²) in [6.07, 6.45) is -4.77. The summed E-state index contributed by atoms with van der Waals surface area (Å²) in [5.41, 5.74) is -2.21. The number of methoxy groups -OCH3 is 2. The normalized spacial score (nSPS) is 11.3. The molecule has 2 rings (SSSR count). The smallest absolute Gasteiger partial charge is 0.418 e. The summed E-state index contributed by atoms with van der Waals surface area (Å²) in [4.78, 5) is 24.0. The molecule has 2 aromatic rings. The van der Waals surface area contributed by atoms with E-state index in [0.29, 0.717) is 4.47 Å². The van der Waals surface area contributed by atoms with Crippen LogP contribution in [-0.2, 0) is 15.7 Å². The highest BCUT2D eigenvalue weighted by Crippen LogP contribution is 2.40. The molecule has 1 aromatic carbocycles. The van der Waals surface area contributed by atoms with E-state index < -0.39 is 29.4 Å². The number of hydrogen-bond donors (Lipinski definition) is 0. The lowest BCUT2D eigenvalue weighted by molar-refractivity contribution is -0.137. The van der Waals surface area contributed by atoms with Crippen LogP contribution >= 0.6 is 31.9 Å². The van der Waals surface area contributed by atoms with Gasteiger partial charge in [-0.15, -0.1) is 0 Å². The quantitative estimate of drug-likeness (QED) is 0.598. The highest BCUT2D eigenvalue weighted by atomic mass is 79.9. The van der Waals surface area contributed by atoms with E-state index >= 15 is 0 Å². The molecular formula is C15H10Br2F3NO4. The van der Waals surface area contributed by atoms with Crippen molar-refractivity contribution in [1.29, 1.82) is 0 Å². The first-order valence-electron chi connectivity index (χ1n) is 6.57. The second-order valence-corrected chi connectivity index (χ2v) is 6.29. The van der Waals surface area contributed by atoms with E-state index in [2.05, 4.69) is 41.3 Å². The van der Waals surface area contributed by atoms with Crippen molar-refractivity contribution in [2.75, 3.05) is 14.2 Å². The number of hydrogen-bond acceptors (Lipinski definition) is 4. The van der Waals surface area contributed by atoms with E-state index in [1.165, 1.54) is 12.1 Å². The minimum Gasteiger partial charge on any atom is -0.465 e. The SMILES string of the molecule is COC(=O)c1cccc(C(F)(F)F)c1-n1c(C(=O)OC)cc(Br)c1Br. The van der Waals surface area contributed by atoms with Crippen LogP contribution in [0.2, 0.25) is 0 Å². The van der Waals surface area contributed by atoms with Crippen LogP contribution in [0.3, 0.4) is 0 Å². The van der Waals surface area contributed by atoms with Gasteiger partial charge in [-0.05, 0) is 50.1 Å². The Kier molecular flexibility index (Phi) is 5.62. The van der Waals surface area contributed by atoms with Crippen molar-refractivity contribution in [3.63, 3.8) is 0 Å². The van der Waals surface area contributed by atoms with E-state index in [-0.39, 0.29) is 15.9 Å². The first kappa shape index (κ1) is 19.5. The molecule has 25 heavy (non-hydrogen) atoms. The minimum absolute atomic E-state index is 0.106. The molecule has 0 aliphatic rings. The number of esters is 2. The van der Waals surface area contributed by atoms with Crippen molar-refractivity contribution in [1.82, 2.24) is 4.57 Å². The van der Waals surface area contributed by atoms with Crippen molar-refractivity contribution in [3.8, 4) is 5.69 Å². The zero-order valence-corrected chi connectivity index (χ0v) is 16.0. The van der Waals surface area contributed by atoms with Gasteiger partial charge in [0.25, 0.3) is 0 Å². The average molecular weight is 485 g/mol. The summed E-state index contributed by atoms with van der Waals surface area (Å²) >= 11 is 6.27. The number of nitrogens with zero attached hydrogens (tertiary/aromatic N) is 1. The van der Waals surface area contributed by atoms with E-state index in [9.17, 15) is 22.8 Å². The van der Waals surface area contributed by atoms with Crippen molar-refractivity contribution in [2.24, 2.45) is 0 Å². The van der Waals surface area contributed by atoms with Gasteiger partial charge < -0.3 is 9.47 Å². The van der Waals surface area contributed by atoms with Crippen LogP contribution in [0.5, 0.6) is 0 Å². The van der Waals surface area contributed by atoms with Crippen LogP contribution in [0.15, 0.2) is 33.3 Å². The molecule has 1 heterocycles. The fourth-order valence-electron chi connectivity index (χ4n) is 2.22. The lowest BCUT2D eigenvalue weighted by Crippen LogP contribution is -2.19. The number of halogens is 5. The molecule has 0 atom stereocenters. The fourth-order valence-corrected chi connectivity index (χ4v) is 3.09. The van der Waals surface area contributed by atoms with Crippen molar-refractivity contribution in [3.05, 3.63) is 50.2 Å². The third kappa shape index (κ3) is 3.59. The molecule has 0 fully saturated rings. The molecule has 0 spiro atoms. The Labute approximate surface area is 157 Å². The highest BCUT2D eigenvalue weighted by molar-refractivity contribution is 9.13. The number of ether oxygens (including phenoxy) is 2. The summed E-state index contributed by atoms with van der Waals surface area (Å²) in [5.74, 6) is -1.85. The molecule has 0 saturated carbocycles. The van der Waals surface area contributed by atoms with Gasteiger partial charge in [0.15, 0.2) is 0 Å². The standard InChI is InChI=1S/C15H10Br2F3NO4/c1-24-13(22)7-4-3-5-8(15(18,19)20)11(7)21-10(14(23)25-2)6-9(16)12(21)17/h3-6H,1-2H3. The lowest BCUT2D eigenvalue weighted by Gasteiger charge is -2.19. The second-order valence-electron chi connectivity index (χ2n) is 4.69. The van der Waals surface area contributed by atoms with Crippen LogP contribution in [0.4, 0.5) is 13.2 Å². The maximum absolute atomic E-state index is 13.5. The third-order valence-electron chi connectivity index (χ3n) is 3.26. The third-order valence-corrected chi connectivity index (χ3v) is 5.18. The molecule has 0 N–H and O–H groups in total. The van der Waals surface area contributed by atoms with Crippen LogP contribution in [-0.4, -0.2) is 30.7 Å². The fraction of sp³-hybridized carbons (Fsp3) is 0.200. The molecule has 0 bridgehead atoms. The molecule has 5 nitrogen and oxygen atoms in total. The molecule has 1 aromatic heterocycles. The first-order chi connectivity index (χ1) is 11.6. The second kappa shape index (κ2) is 7.20.